The molecule has 0 unspecified atom stereocenters. The first-order chi connectivity index (χ1) is 13.3. The van der Waals surface area contributed by atoms with Crippen molar-refractivity contribution in [3.63, 3.8) is 0 Å². The van der Waals surface area contributed by atoms with Crippen LogP contribution in [0, 0.1) is 11.6 Å². The van der Waals surface area contributed by atoms with Gasteiger partial charge in [0, 0.05) is 37.3 Å². The lowest BCUT2D eigenvalue weighted by Gasteiger charge is -2.21. The Morgan fingerprint density at radius 3 is 2.29 bits per heavy atom. The van der Waals surface area contributed by atoms with Gasteiger partial charge in [-0.15, -0.1) is 0 Å². The second-order valence-corrected chi connectivity index (χ2v) is 5.87. The van der Waals surface area contributed by atoms with Crippen LogP contribution in [0.1, 0.15) is 30.6 Å². The molecule has 2 rings (SSSR count). The van der Waals surface area contributed by atoms with Gasteiger partial charge in [0.15, 0.2) is 11.6 Å². The zero-order valence-corrected chi connectivity index (χ0v) is 15.5. The molecular weight excluding hydrogens is 370 g/mol. The fourth-order valence-electron chi connectivity index (χ4n) is 2.46. The van der Waals surface area contributed by atoms with E-state index >= 15 is 0 Å². The van der Waals surface area contributed by atoms with Crippen LogP contribution in [0.5, 0.6) is 0 Å². The molecule has 148 valence electrons. The van der Waals surface area contributed by atoms with Crippen molar-refractivity contribution in [3.8, 4) is 0 Å². The number of nitrogens with one attached hydrogen (secondary N) is 1. The number of carbonyl (C=O) groups excluding carboxylic acids is 3. The van der Waals surface area contributed by atoms with E-state index in [2.05, 4.69) is 5.32 Å². The smallest absolute Gasteiger partial charge is 0.338 e. The fourth-order valence-corrected chi connectivity index (χ4v) is 2.46. The van der Waals surface area contributed by atoms with Crippen molar-refractivity contribution in [2.24, 2.45) is 0 Å². The van der Waals surface area contributed by atoms with Gasteiger partial charge in [-0.25, -0.2) is 13.6 Å². The molecule has 28 heavy (non-hydrogen) atoms. The van der Waals surface area contributed by atoms with Crippen LogP contribution < -0.4 is 10.2 Å². The van der Waals surface area contributed by atoms with E-state index in [1.54, 1.807) is 19.1 Å². The molecule has 0 saturated heterocycles. The maximum Gasteiger partial charge on any atom is 0.338 e. The molecule has 0 aliphatic heterocycles. The molecule has 0 aliphatic rings. The number of halogens is 2. The predicted octanol–water partition coefficient (Wildman–Crippen LogP) is 3.52. The minimum atomic E-state index is -1.07. The minimum Gasteiger partial charge on any atom is -0.462 e. The van der Waals surface area contributed by atoms with Crippen LogP contribution in [0.25, 0.3) is 0 Å². The molecule has 0 heterocycles. The number of benzene rings is 2. The van der Waals surface area contributed by atoms with Crippen LogP contribution in [0.2, 0.25) is 0 Å². The van der Waals surface area contributed by atoms with Crippen LogP contribution in [0.4, 0.5) is 20.2 Å². The van der Waals surface area contributed by atoms with Crippen molar-refractivity contribution in [2.75, 3.05) is 23.4 Å². The molecule has 0 bridgehead atoms. The van der Waals surface area contributed by atoms with Gasteiger partial charge in [0.1, 0.15) is 0 Å². The maximum atomic E-state index is 13.4. The van der Waals surface area contributed by atoms with Gasteiger partial charge >= 0.3 is 5.97 Å². The lowest BCUT2D eigenvalue weighted by molar-refractivity contribution is -0.117. The van der Waals surface area contributed by atoms with Crippen molar-refractivity contribution >= 4 is 29.2 Å². The van der Waals surface area contributed by atoms with Crippen molar-refractivity contribution in [2.45, 2.75) is 20.3 Å². The lowest BCUT2D eigenvalue weighted by Crippen LogP contribution is -2.32. The van der Waals surface area contributed by atoms with Crippen LogP contribution in [-0.2, 0) is 14.3 Å². The van der Waals surface area contributed by atoms with Gasteiger partial charge in [0.05, 0.1) is 12.2 Å². The zero-order valence-electron chi connectivity index (χ0n) is 15.5. The van der Waals surface area contributed by atoms with Gasteiger partial charge in [-0.3, -0.25) is 9.59 Å². The Balaban J connectivity index is 1.96. The van der Waals surface area contributed by atoms with E-state index in [9.17, 15) is 23.2 Å². The number of ether oxygens (including phenoxy) is 1. The van der Waals surface area contributed by atoms with Gasteiger partial charge in [0.2, 0.25) is 11.8 Å². The van der Waals surface area contributed by atoms with Gasteiger partial charge < -0.3 is 15.0 Å². The van der Waals surface area contributed by atoms with Crippen LogP contribution in [-0.4, -0.2) is 30.9 Å². The third-order valence-electron chi connectivity index (χ3n) is 3.84. The molecule has 0 fully saturated rings. The molecule has 6 nitrogen and oxygen atoms in total. The summed E-state index contributed by atoms with van der Waals surface area (Å²) in [5.74, 6) is -3.33. The molecule has 1 N–H and O–H groups in total. The van der Waals surface area contributed by atoms with E-state index in [1.165, 1.54) is 30.0 Å². The minimum absolute atomic E-state index is 0.00680. The van der Waals surface area contributed by atoms with E-state index in [-0.39, 0.29) is 31.2 Å². The molecule has 0 radical (unpaired) electrons. The number of carbonyl (C=O) groups is 3. The first kappa shape index (κ1) is 21.0. The zero-order chi connectivity index (χ0) is 20.7. The normalized spacial score (nSPS) is 10.3. The molecule has 2 aromatic rings. The predicted molar refractivity (Wildman–Crippen MR) is 100 cm³/mol. The Morgan fingerprint density at radius 2 is 1.71 bits per heavy atom. The number of rotatable bonds is 7. The molecule has 0 spiro atoms. The largest absolute Gasteiger partial charge is 0.462 e. The van der Waals surface area contributed by atoms with Crippen LogP contribution >= 0.6 is 0 Å². The molecule has 2 aromatic carbocycles. The van der Waals surface area contributed by atoms with Crippen molar-refractivity contribution < 1.29 is 27.9 Å². The SMILES string of the molecule is CCOC(=O)c1ccc(NC(=O)CCN(C(C)=O)c2ccc(F)c(F)c2)cc1. The average molecular weight is 390 g/mol. The summed E-state index contributed by atoms with van der Waals surface area (Å²) in [5.41, 5.74) is 0.999. The van der Waals surface area contributed by atoms with Crippen molar-refractivity contribution in [1.82, 2.24) is 0 Å². The summed E-state index contributed by atoms with van der Waals surface area (Å²) in [5, 5.41) is 2.64. The summed E-state index contributed by atoms with van der Waals surface area (Å²) in [4.78, 5) is 36.7. The van der Waals surface area contributed by atoms with Gasteiger partial charge in [-0.05, 0) is 43.3 Å². The Labute approximate surface area is 161 Å². The molecule has 0 aliphatic carbocycles. The average Bonchev–Trinajstić information content (AvgIpc) is 2.65. The molecule has 0 saturated carbocycles. The highest BCUT2D eigenvalue weighted by molar-refractivity contribution is 5.95. The summed E-state index contributed by atoms with van der Waals surface area (Å²) >= 11 is 0. The number of hydrogen-bond acceptors (Lipinski definition) is 4. The van der Waals surface area contributed by atoms with E-state index in [4.69, 9.17) is 4.74 Å². The number of hydrogen-bond donors (Lipinski definition) is 1. The number of esters is 1. The van der Waals surface area contributed by atoms with Crippen LogP contribution in [0.3, 0.4) is 0 Å². The summed E-state index contributed by atoms with van der Waals surface area (Å²) in [6, 6.07) is 9.26. The maximum absolute atomic E-state index is 13.4. The van der Waals surface area contributed by atoms with Gasteiger partial charge in [-0.2, -0.15) is 0 Å². The molecule has 2 amide bonds. The second-order valence-electron chi connectivity index (χ2n) is 5.87. The van der Waals surface area contributed by atoms with E-state index < -0.39 is 23.5 Å². The monoisotopic (exact) mass is 390 g/mol. The summed E-state index contributed by atoms with van der Waals surface area (Å²) in [6.45, 7) is 3.24. The Morgan fingerprint density at radius 1 is 1.04 bits per heavy atom. The number of anilines is 2. The fraction of sp³-hybridized carbons (Fsp3) is 0.250. The third-order valence-corrected chi connectivity index (χ3v) is 3.84. The van der Waals surface area contributed by atoms with E-state index in [1.807, 2.05) is 0 Å². The highest BCUT2D eigenvalue weighted by atomic mass is 19.2. The van der Waals surface area contributed by atoms with Gasteiger partial charge in [0.25, 0.3) is 0 Å². The second kappa shape index (κ2) is 9.59. The Bertz CT molecular complexity index is 869. The Kier molecular flexibility index (Phi) is 7.20. The summed E-state index contributed by atoms with van der Waals surface area (Å²) < 4.78 is 31.4. The van der Waals surface area contributed by atoms with Crippen molar-refractivity contribution in [1.29, 1.82) is 0 Å². The Hall–Kier alpha value is -3.29. The topological polar surface area (TPSA) is 75.7 Å². The quantitative estimate of drug-likeness (QED) is 0.734. The van der Waals surface area contributed by atoms with Gasteiger partial charge in [-0.1, -0.05) is 0 Å². The molecule has 0 atom stereocenters. The highest BCUT2D eigenvalue weighted by Gasteiger charge is 2.16. The number of nitrogens with zero attached hydrogens (tertiary/aromatic N) is 1. The standard InChI is InChI=1S/C20H20F2N2O4/c1-3-28-20(27)14-4-6-15(7-5-14)23-19(26)10-11-24(13(2)25)16-8-9-17(21)18(22)12-16/h4-9,12H,3,10-11H2,1-2H3,(H,23,26). The summed E-state index contributed by atoms with van der Waals surface area (Å²) in [7, 11) is 0. The van der Waals surface area contributed by atoms with E-state index in [0.717, 1.165) is 12.1 Å². The van der Waals surface area contributed by atoms with Crippen LogP contribution in [0.15, 0.2) is 42.5 Å². The third kappa shape index (κ3) is 5.60. The van der Waals surface area contributed by atoms with Crippen molar-refractivity contribution in [3.05, 3.63) is 59.7 Å². The molecular formula is C20H20F2N2O4. The first-order valence-corrected chi connectivity index (χ1v) is 8.62. The highest BCUT2D eigenvalue weighted by Crippen LogP contribution is 2.19. The summed E-state index contributed by atoms with van der Waals surface area (Å²) in [6.07, 6.45) is -0.0573. The lowest BCUT2D eigenvalue weighted by atomic mass is 10.2. The number of amides is 2. The first-order valence-electron chi connectivity index (χ1n) is 8.62. The molecule has 8 heteroatoms. The van der Waals surface area contributed by atoms with E-state index in [0.29, 0.717) is 11.3 Å². The molecule has 0 aromatic heterocycles.